The van der Waals surface area contributed by atoms with Gasteiger partial charge < -0.3 is 9.64 Å². The first-order valence-electron chi connectivity index (χ1n) is 5.07. The molecular weight excluding hydrogens is 214 g/mol. The van der Waals surface area contributed by atoms with Gasteiger partial charge in [0.15, 0.2) is 0 Å². The Bertz CT molecular complexity index is 317. The quantitative estimate of drug-likeness (QED) is 0.770. The molecule has 1 fully saturated rings. The summed E-state index contributed by atoms with van der Waals surface area (Å²) in [5.41, 5.74) is 0. The number of likely N-dealkylation sites (tertiary alicyclic amines) is 1. The Balaban J connectivity index is 1.93. The lowest BCUT2D eigenvalue weighted by atomic mass is 10.1. The number of aromatic nitrogens is 2. The lowest BCUT2D eigenvalue weighted by molar-refractivity contribution is 0.0955. The maximum atomic E-state index is 5.69. The minimum atomic E-state index is 0.199. The number of nitrogens with zero attached hydrogens (tertiary/aromatic N) is 3. The molecule has 1 atom stereocenters. The Kier molecular flexibility index (Phi) is 3.38. The van der Waals surface area contributed by atoms with Crippen LogP contribution >= 0.6 is 11.6 Å². The van der Waals surface area contributed by atoms with Gasteiger partial charge in [-0.05, 0) is 26.4 Å². The Morgan fingerprint density at radius 1 is 1.47 bits per heavy atom. The summed E-state index contributed by atoms with van der Waals surface area (Å²) < 4.78 is 5.66. The van der Waals surface area contributed by atoms with Crippen LogP contribution in [0.15, 0.2) is 12.4 Å². The van der Waals surface area contributed by atoms with Crippen molar-refractivity contribution in [2.45, 2.75) is 18.9 Å². The predicted molar refractivity (Wildman–Crippen MR) is 58.2 cm³/mol. The molecule has 1 aliphatic rings. The molecule has 0 bridgehead atoms. The van der Waals surface area contributed by atoms with Crippen molar-refractivity contribution in [2.24, 2.45) is 0 Å². The molecule has 82 valence electrons. The molecule has 0 aliphatic carbocycles. The molecule has 0 N–H and O–H groups in total. The summed E-state index contributed by atoms with van der Waals surface area (Å²) in [4.78, 5) is 10.3. The van der Waals surface area contributed by atoms with Crippen molar-refractivity contribution in [1.82, 2.24) is 14.9 Å². The van der Waals surface area contributed by atoms with Crippen molar-refractivity contribution in [3.05, 3.63) is 17.4 Å². The monoisotopic (exact) mass is 227 g/mol. The van der Waals surface area contributed by atoms with Gasteiger partial charge in [0.25, 0.3) is 0 Å². The van der Waals surface area contributed by atoms with E-state index in [2.05, 4.69) is 21.9 Å². The fraction of sp³-hybridized carbons (Fsp3) is 0.600. The van der Waals surface area contributed by atoms with Gasteiger partial charge in [0.2, 0.25) is 0 Å². The molecule has 15 heavy (non-hydrogen) atoms. The van der Waals surface area contributed by atoms with Crippen LogP contribution in [0.3, 0.4) is 0 Å². The van der Waals surface area contributed by atoms with Gasteiger partial charge in [-0.25, -0.2) is 9.97 Å². The normalized spacial score (nSPS) is 22.7. The standard InChI is InChI=1S/C10H14ClN3O/c1-14-4-2-3-9(7-14)15-10-12-5-8(11)6-13-10/h5-6,9H,2-4,7H2,1H3. The van der Waals surface area contributed by atoms with Gasteiger partial charge in [-0.3, -0.25) is 0 Å². The molecule has 5 heteroatoms. The Labute approximate surface area is 94.2 Å². The highest BCUT2D eigenvalue weighted by molar-refractivity contribution is 6.30. The lowest BCUT2D eigenvalue weighted by Crippen LogP contribution is -2.38. The van der Waals surface area contributed by atoms with E-state index in [1.165, 1.54) is 0 Å². The molecule has 0 amide bonds. The van der Waals surface area contributed by atoms with E-state index in [-0.39, 0.29) is 6.10 Å². The van der Waals surface area contributed by atoms with Crippen LogP contribution in [0.4, 0.5) is 0 Å². The number of hydrogen-bond donors (Lipinski definition) is 0. The van der Waals surface area contributed by atoms with Crippen LogP contribution in [0.5, 0.6) is 6.01 Å². The van der Waals surface area contributed by atoms with Crippen LogP contribution in [0.2, 0.25) is 5.02 Å². The number of halogens is 1. The minimum absolute atomic E-state index is 0.199. The molecule has 1 aliphatic heterocycles. The average Bonchev–Trinajstić information content (AvgIpc) is 2.22. The second kappa shape index (κ2) is 4.77. The molecule has 0 aromatic carbocycles. The van der Waals surface area contributed by atoms with Crippen LogP contribution < -0.4 is 4.74 Å². The van der Waals surface area contributed by atoms with Crippen LogP contribution in [0.25, 0.3) is 0 Å². The third kappa shape index (κ3) is 3.04. The summed E-state index contributed by atoms with van der Waals surface area (Å²) in [6.07, 6.45) is 5.53. The molecular formula is C10H14ClN3O. The molecule has 0 saturated carbocycles. The van der Waals surface area contributed by atoms with Gasteiger partial charge in [0.1, 0.15) is 6.10 Å². The van der Waals surface area contributed by atoms with E-state index in [9.17, 15) is 0 Å². The summed E-state index contributed by atoms with van der Waals surface area (Å²) >= 11 is 5.69. The maximum Gasteiger partial charge on any atom is 0.316 e. The summed E-state index contributed by atoms with van der Waals surface area (Å²) in [5, 5.41) is 0.531. The first-order valence-corrected chi connectivity index (χ1v) is 5.44. The zero-order valence-electron chi connectivity index (χ0n) is 8.69. The minimum Gasteiger partial charge on any atom is -0.459 e. The van der Waals surface area contributed by atoms with Gasteiger partial charge >= 0.3 is 6.01 Å². The molecule has 2 heterocycles. The fourth-order valence-corrected chi connectivity index (χ4v) is 1.82. The number of ether oxygens (including phenoxy) is 1. The highest BCUT2D eigenvalue weighted by Gasteiger charge is 2.19. The van der Waals surface area contributed by atoms with Crippen molar-refractivity contribution < 1.29 is 4.74 Å². The van der Waals surface area contributed by atoms with E-state index in [0.29, 0.717) is 11.0 Å². The summed E-state index contributed by atoms with van der Waals surface area (Å²) in [5.74, 6) is 0. The summed E-state index contributed by atoms with van der Waals surface area (Å²) in [6, 6.07) is 0.416. The number of likely N-dealkylation sites (N-methyl/N-ethyl adjacent to an activating group) is 1. The molecule has 0 spiro atoms. The fourth-order valence-electron chi connectivity index (χ4n) is 1.73. The molecule has 1 aromatic heterocycles. The SMILES string of the molecule is CN1CCCC(Oc2ncc(Cl)cn2)C1. The molecule has 1 aromatic rings. The van der Waals surface area contributed by atoms with Crippen molar-refractivity contribution in [3.8, 4) is 6.01 Å². The first-order chi connectivity index (χ1) is 7.24. The van der Waals surface area contributed by atoms with Crippen LogP contribution in [-0.4, -0.2) is 41.1 Å². The number of piperidine rings is 1. The summed E-state index contributed by atoms with van der Waals surface area (Å²) in [7, 11) is 2.10. The zero-order valence-corrected chi connectivity index (χ0v) is 9.44. The van der Waals surface area contributed by atoms with Gasteiger partial charge in [0.05, 0.1) is 17.4 Å². The topological polar surface area (TPSA) is 38.2 Å². The van der Waals surface area contributed by atoms with Crippen LogP contribution in [0, 0.1) is 0 Å². The van der Waals surface area contributed by atoms with Crippen LogP contribution in [0.1, 0.15) is 12.8 Å². The molecule has 2 rings (SSSR count). The first kappa shape index (κ1) is 10.6. The van der Waals surface area contributed by atoms with Crippen molar-refractivity contribution >= 4 is 11.6 Å². The molecule has 1 unspecified atom stereocenters. The van der Waals surface area contributed by atoms with Crippen molar-refractivity contribution in [2.75, 3.05) is 20.1 Å². The van der Waals surface area contributed by atoms with Gasteiger partial charge in [-0.1, -0.05) is 11.6 Å². The zero-order chi connectivity index (χ0) is 10.7. The third-order valence-electron chi connectivity index (χ3n) is 2.45. The molecule has 1 saturated heterocycles. The third-order valence-corrected chi connectivity index (χ3v) is 2.65. The second-order valence-electron chi connectivity index (χ2n) is 3.83. The maximum absolute atomic E-state index is 5.69. The van der Waals surface area contributed by atoms with Crippen molar-refractivity contribution in [3.63, 3.8) is 0 Å². The van der Waals surface area contributed by atoms with E-state index in [0.717, 1.165) is 25.9 Å². The van der Waals surface area contributed by atoms with E-state index < -0.39 is 0 Å². The molecule has 4 nitrogen and oxygen atoms in total. The largest absolute Gasteiger partial charge is 0.459 e. The highest BCUT2D eigenvalue weighted by atomic mass is 35.5. The van der Waals surface area contributed by atoms with E-state index >= 15 is 0 Å². The Morgan fingerprint density at radius 2 is 2.20 bits per heavy atom. The van der Waals surface area contributed by atoms with Gasteiger partial charge in [-0.2, -0.15) is 0 Å². The Morgan fingerprint density at radius 3 is 2.87 bits per heavy atom. The predicted octanol–water partition coefficient (Wildman–Crippen LogP) is 1.60. The number of rotatable bonds is 2. The Hall–Kier alpha value is -0.870. The van der Waals surface area contributed by atoms with E-state index in [1.54, 1.807) is 12.4 Å². The van der Waals surface area contributed by atoms with Gasteiger partial charge in [-0.15, -0.1) is 0 Å². The van der Waals surface area contributed by atoms with E-state index in [1.807, 2.05) is 0 Å². The van der Waals surface area contributed by atoms with Crippen LogP contribution in [-0.2, 0) is 0 Å². The average molecular weight is 228 g/mol. The van der Waals surface area contributed by atoms with Crippen molar-refractivity contribution in [1.29, 1.82) is 0 Å². The number of hydrogen-bond acceptors (Lipinski definition) is 4. The second-order valence-corrected chi connectivity index (χ2v) is 4.26. The molecule has 0 radical (unpaired) electrons. The summed E-state index contributed by atoms with van der Waals surface area (Å²) in [6.45, 7) is 2.08. The lowest BCUT2D eigenvalue weighted by Gasteiger charge is -2.29. The van der Waals surface area contributed by atoms with Gasteiger partial charge in [0, 0.05) is 6.54 Å². The van der Waals surface area contributed by atoms with E-state index in [4.69, 9.17) is 16.3 Å². The highest BCUT2D eigenvalue weighted by Crippen LogP contribution is 2.14. The smallest absolute Gasteiger partial charge is 0.316 e.